The van der Waals surface area contributed by atoms with Gasteiger partial charge in [-0.25, -0.2) is 4.98 Å². The molecule has 2 heterocycles. The van der Waals surface area contributed by atoms with Gasteiger partial charge in [0.1, 0.15) is 5.82 Å². The number of imidazole rings is 1. The maximum absolute atomic E-state index is 4.45. The van der Waals surface area contributed by atoms with Crippen LogP contribution in [0.5, 0.6) is 0 Å². The highest BCUT2D eigenvalue weighted by molar-refractivity contribution is 8.00. The molecular formula is C18H25N5S. The summed E-state index contributed by atoms with van der Waals surface area (Å²) in [6, 6.07) is 10.2. The fourth-order valence-electron chi connectivity index (χ4n) is 2.85. The zero-order valence-corrected chi connectivity index (χ0v) is 15.1. The zero-order chi connectivity index (χ0) is 16.8. The normalized spacial score (nSPS) is 21.0. The second-order valence-electron chi connectivity index (χ2n) is 6.29. The van der Waals surface area contributed by atoms with E-state index in [1.165, 1.54) is 18.6 Å². The average molecular weight is 344 g/mol. The molecule has 0 aliphatic carbocycles. The average Bonchev–Trinajstić information content (AvgIpc) is 3.26. The van der Waals surface area contributed by atoms with Gasteiger partial charge in [-0.05, 0) is 31.1 Å². The molecule has 1 unspecified atom stereocenters. The Balaban J connectivity index is 1.52. The highest BCUT2D eigenvalue weighted by Crippen LogP contribution is 2.36. The van der Waals surface area contributed by atoms with Crippen LogP contribution in [0.1, 0.15) is 25.6 Å². The Morgan fingerprint density at radius 2 is 2.17 bits per heavy atom. The number of thioether (sulfide) groups is 1. The number of aromatic amines is 1. The fraction of sp³-hybridized carbons (Fsp3) is 0.444. The number of aromatic nitrogens is 2. The van der Waals surface area contributed by atoms with Gasteiger partial charge >= 0.3 is 0 Å². The zero-order valence-electron chi connectivity index (χ0n) is 14.3. The first-order valence-corrected chi connectivity index (χ1v) is 9.35. The maximum Gasteiger partial charge on any atom is 0.191 e. The summed E-state index contributed by atoms with van der Waals surface area (Å²) in [6.45, 7) is 3.88. The van der Waals surface area contributed by atoms with Crippen LogP contribution in [-0.2, 0) is 6.54 Å². The Morgan fingerprint density at radius 3 is 2.88 bits per heavy atom. The summed E-state index contributed by atoms with van der Waals surface area (Å²) in [4.78, 5) is 12.1. The number of benzene rings is 1. The van der Waals surface area contributed by atoms with Crippen molar-refractivity contribution in [3.63, 3.8) is 0 Å². The van der Waals surface area contributed by atoms with Crippen molar-refractivity contribution in [3.8, 4) is 11.3 Å². The molecule has 24 heavy (non-hydrogen) atoms. The molecule has 1 aliphatic heterocycles. The molecule has 0 bridgehead atoms. The fourth-order valence-corrected chi connectivity index (χ4v) is 4.10. The van der Waals surface area contributed by atoms with Crippen molar-refractivity contribution in [2.24, 2.45) is 4.99 Å². The summed E-state index contributed by atoms with van der Waals surface area (Å²) in [7, 11) is 1.80. The van der Waals surface area contributed by atoms with Gasteiger partial charge in [-0.2, -0.15) is 11.8 Å². The van der Waals surface area contributed by atoms with E-state index in [9.17, 15) is 0 Å². The molecule has 1 fully saturated rings. The van der Waals surface area contributed by atoms with E-state index >= 15 is 0 Å². The van der Waals surface area contributed by atoms with Crippen molar-refractivity contribution in [2.45, 2.75) is 31.1 Å². The van der Waals surface area contributed by atoms with E-state index in [0.29, 0.717) is 11.3 Å². The van der Waals surface area contributed by atoms with Crippen molar-refractivity contribution < 1.29 is 0 Å². The lowest BCUT2D eigenvalue weighted by molar-refractivity contribution is 0.584. The molecule has 6 heteroatoms. The predicted octanol–water partition coefficient (Wildman–Crippen LogP) is 3.03. The molecule has 1 atom stereocenters. The monoisotopic (exact) mass is 343 g/mol. The second-order valence-corrected chi connectivity index (χ2v) is 7.97. The van der Waals surface area contributed by atoms with Crippen LogP contribution in [0, 0.1) is 0 Å². The van der Waals surface area contributed by atoms with Crippen LogP contribution in [0.25, 0.3) is 11.3 Å². The van der Waals surface area contributed by atoms with Crippen LogP contribution >= 0.6 is 11.8 Å². The Kier molecular flexibility index (Phi) is 5.45. The first kappa shape index (κ1) is 16.9. The molecule has 2 aromatic rings. The molecule has 1 aromatic heterocycles. The summed E-state index contributed by atoms with van der Waals surface area (Å²) >= 11 is 2.05. The number of rotatable bonds is 5. The van der Waals surface area contributed by atoms with Crippen molar-refractivity contribution in [1.82, 2.24) is 20.6 Å². The third kappa shape index (κ3) is 4.32. The largest absolute Gasteiger partial charge is 0.355 e. The summed E-state index contributed by atoms with van der Waals surface area (Å²) in [5, 5.41) is 6.76. The lowest BCUT2D eigenvalue weighted by atomic mass is 10.1. The van der Waals surface area contributed by atoms with Crippen molar-refractivity contribution in [3.05, 3.63) is 42.4 Å². The van der Waals surface area contributed by atoms with Gasteiger partial charge in [0.05, 0.1) is 18.4 Å². The molecule has 1 aliphatic rings. The summed E-state index contributed by atoms with van der Waals surface area (Å²) in [5.74, 6) is 2.98. The SMILES string of the molecule is CN=C(NCc1ncc(-c2ccccc2)[nH]1)NCC1(C)CCCS1. The number of hydrogen-bond acceptors (Lipinski definition) is 3. The van der Waals surface area contributed by atoms with Crippen LogP contribution in [-0.4, -0.2) is 40.0 Å². The molecule has 3 N–H and O–H groups in total. The summed E-state index contributed by atoms with van der Waals surface area (Å²) in [5.41, 5.74) is 2.18. The van der Waals surface area contributed by atoms with Gasteiger partial charge in [0.25, 0.3) is 0 Å². The minimum atomic E-state index is 0.322. The van der Waals surface area contributed by atoms with Crippen LogP contribution in [0.3, 0.4) is 0 Å². The molecular weight excluding hydrogens is 318 g/mol. The summed E-state index contributed by atoms with van der Waals surface area (Å²) < 4.78 is 0.322. The van der Waals surface area contributed by atoms with Gasteiger partial charge in [-0.3, -0.25) is 4.99 Å². The van der Waals surface area contributed by atoms with Gasteiger partial charge in [0, 0.05) is 18.3 Å². The van der Waals surface area contributed by atoms with E-state index in [2.05, 4.69) is 44.7 Å². The first-order chi connectivity index (χ1) is 11.7. The topological polar surface area (TPSA) is 65.1 Å². The highest BCUT2D eigenvalue weighted by atomic mass is 32.2. The summed E-state index contributed by atoms with van der Waals surface area (Å²) in [6.07, 6.45) is 4.45. The Morgan fingerprint density at radius 1 is 1.33 bits per heavy atom. The third-order valence-corrected chi connectivity index (χ3v) is 5.83. The Bertz CT molecular complexity index is 674. The highest BCUT2D eigenvalue weighted by Gasteiger charge is 2.29. The van der Waals surface area contributed by atoms with Crippen LogP contribution in [0.15, 0.2) is 41.5 Å². The van der Waals surface area contributed by atoms with E-state index in [-0.39, 0.29) is 0 Å². The van der Waals surface area contributed by atoms with Gasteiger partial charge in [0.15, 0.2) is 5.96 Å². The molecule has 1 saturated heterocycles. The lowest BCUT2D eigenvalue weighted by Crippen LogP contribution is -2.43. The molecule has 0 amide bonds. The lowest BCUT2D eigenvalue weighted by Gasteiger charge is -2.24. The number of aliphatic imine (C=N–C) groups is 1. The van der Waals surface area contributed by atoms with Crippen LogP contribution in [0.4, 0.5) is 0 Å². The number of H-pyrrole nitrogens is 1. The maximum atomic E-state index is 4.45. The number of nitrogens with zero attached hydrogens (tertiary/aromatic N) is 2. The van der Waals surface area contributed by atoms with E-state index in [1.54, 1.807) is 7.05 Å². The van der Waals surface area contributed by atoms with E-state index in [1.807, 2.05) is 36.2 Å². The molecule has 3 rings (SSSR count). The molecule has 128 valence electrons. The Hall–Kier alpha value is -1.95. The smallest absolute Gasteiger partial charge is 0.191 e. The van der Waals surface area contributed by atoms with Crippen LogP contribution in [0.2, 0.25) is 0 Å². The van der Waals surface area contributed by atoms with E-state index in [0.717, 1.165) is 29.6 Å². The van der Waals surface area contributed by atoms with Gasteiger partial charge in [0.2, 0.25) is 0 Å². The number of nitrogens with one attached hydrogen (secondary N) is 3. The molecule has 1 aromatic carbocycles. The number of guanidine groups is 1. The van der Waals surface area contributed by atoms with Gasteiger partial charge in [-0.15, -0.1) is 0 Å². The molecule has 0 radical (unpaired) electrons. The predicted molar refractivity (Wildman–Crippen MR) is 102 cm³/mol. The first-order valence-electron chi connectivity index (χ1n) is 8.36. The van der Waals surface area contributed by atoms with Crippen molar-refractivity contribution >= 4 is 17.7 Å². The van der Waals surface area contributed by atoms with Crippen molar-refractivity contribution in [1.29, 1.82) is 0 Å². The third-order valence-electron chi connectivity index (χ3n) is 4.29. The quantitative estimate of drug-likeness (QED) is 0.577. The van der Waals surface area contributed by atoms with E-state index < -0.39 is 0 Å². The van der Waals surface area contributed by atoms with Gasteiger partial charge < -0.3 is 15.6 Å². The van der Waals surface area contributed by atoms with E-state index in [4.69, 9.17) is 0 Å². The minimum Gasteiger partial charge on any atom is -0.355 e. The second kappa shape index (κ2) is 7.75. The Labute approximate surface area is 147 Å². The number of hydrogen-bond donors (Lipinski definition) is 3. The molecule has 5 nitrogen and oxygen atoms in total. The van der Waals surface area contributed by atoms with Gasteiger partial charge in [-0.1, -0.05) is 30.3 Å². The van der Waals surface area contributed by atoms with Crippen molar-refractivity contribution in [2.75, 3.05) is 19.3 Å². The molecule has 0 saturated carbocycles. The van der Waals surface area contributed by atoms with Crippen LogP contribution < -0.4 is 10.6 Å². The minimum absolute atomic E-state index is 0.322. The standard InChI is InChI=1S/C18H25N5S/c1-18(9-6-10-24-18)13-22-17(19-2)21-12-16-20-11-15(23-16)14-7-4-3-5-8-14/h3-5,7-8,11H,6,9-10,12-13H2,1-2H3,(H,20,23)(H2,19,21,22). The molecule has 0 spiro atoms.